The summed E-state index contributed by atoms with van der Waals surface area (Å²) >= 11 is 0. The first-order valence-electron chi connectivity index (χ1n) is 11.5. The summed E-state index contributed by atoms with van der Waals surface area (Å²) in [5.74, 6) is 0.573. The minimum atomic E-state index is 0.00588. The van der Waals surface area contributed by atoms with Gasteiger partial charge in [0.2, 0.25) is 0 Å². The van der Waals surface area contributed by atoms with Crippen molar-refractivity contribution in [2.45, 2.75) is 39.0 Å². The number of piperidine rings is 1. The Labute approximate surface area is 190 Å². The van der Waals surface area contributed by atoms with Crippen LogP contribution in [-0.2, 0) is 0 Å². The van der Waals surface area contributed by atoms with Gasteiger partial charge in [0, 0.05) is 55.2 Å². The monoisotopic (exact) mass is 428 g/mol. The second-order valence-electron chi connectivity index (χ2n) is 8.93. The highest BCUT2D eigenvalue weighted by Crippen LogP contribution is 2.33. The summed E-state index contributed by atoms with van der Waals surface area (Å²) in [4.78, 5) is 19.8. The van der Waals surface area contributed by atoms with Crippen molar-refractivity contribution in [2.24, 2.45) is 5.92 Å². The number of rotatable bonds is 7. The topological polar surface area (TPSA) is 53.4 Å². The predicted molar refractivity (Wildman–Crippen MR) is 129 cm³/mol. The third-order valence-corrected chi connectivity index (χ3v) is 6.71. The predicted octanol–water partition coefficient (Wildman–Crippen LogP) is 5.31. The van der Waals surface area contributed by atoms with E-state index in [2.05, 4.69) is 59.3 Å². The lowest BCUT2D eigenvalue weighted by Crippen LogP contribution is -2.34. The van der Waals surface area contributed by atoms with Gasteiger partial charge >= 0.3 is 0 Å². The number of aryl methyl sites for hydroxylation is 2. The maximum atomic E-state index is 13.2. The van der Waals surface area contributed by atoms with Crippen molar-refractivity contribution >= 4 is 11.5 Å². The second kappa shape index (κ2) is 10.1. The Bertz CT molecular complexity index is 1050. The van der Waals surface area contributed by atoms with E-state index in [1.165, 1.54) is 16.8 Å². The van der Waals surface area contributed by atoms with E-state index in [1.54, 1.807) is 6.20 Å². The minimum Gasteiger partial charge on any atom is -0.396 e. The lowest BCUT2D eigenvalue weighted by Gasteiger charge is -2.33. The number of nitrogens with zero attached hydrogens (tertiary/aromatic N) is 2. The van der Waals surface area contributed by atoms with Crippen LogP contribution in [0.25, 0.3) is 0 Å². The number of carbonyl (C=O) groups is 1. The summed E-state index contributed by atoms with van der Waals surface area (Å²) in [7, 11) is 0. The molecule has 3 aromatic rings. The number of aliphatic hydroxyl groups excluding tert-OH is 1. The quantitative estimate of drug-likeness (QED) is 0.518. The molecular weight excluding hydrogens is 396 g/mol. The molecule has 1 saturated heterocycles. The van der Waals surface area contributed by atoms with Gasteiger partial charge in [-0.15, -0.1) is 0 Å². The van der Waals surface area contributed by atoms with Gasteiger partial charge < -0.3 is 10.0 Å². The molecule has 1 aromatic heterocycles. The van der Waals surface area contributed by atoms with Crippen molar-refractivity contribution in [1.29, 1.82) is 0 Å². The van der Waals surface area contributed by atoms with Gasteiger partial charge in [-0.2, -0.15) is 0 Å². The van der Waals surface area contributed by atoms with E-state index in [4.69, 9.17) is 0 Å². The average molecular weight is 429 g/mol. The van der Waals surface area contributed by atoms with Crippen molar-refractivity contribution in [1.82, 2.24) is 4.98 Å². The van der Waals surface area contributed by atoms with E-state index >= 15 is 0 Å². The molecular formula is C28H32N2O2. The van der Waals surface area contributed by atoms with E-state index in [1.807, 2.05) is 25.1 Å². The highest BCUT2D eigenvalue weighted by Gasteiger charge is 2.22. The first kappa shape index (κ1) is 22.2. The first-order chi connectivity index (χ1) is 15.5. The molecule has 4 heteroatoms. The summed E-state index contributed by atoms with van der Waals surface area (Å²) in [6.07, 6.45) is 4.20. The highest BCUT2D eigenvalue weighted by molar-refractivity contribution is 5.96. The summed E-state index contributed by atoms with van der Waals surface area (Å²) in [5, 5.41) is 9.40. The summed E-state index contributed by atoms with van der Waals surface area (Å²) < 4.78 is 0. The molecule has 0 radical (unpaired) electrons. The van der Waals surface area contributed by atoms with Gasteiger partial charge in [0.25, 0.3) is 0 Å². The van der Waals surface area contributed by atoms with Crippen molar-refractivity contribution < 1.29 is 9.90 Å². The molecule has 1 fully saturated rings. The number of hydrogen-bond acceptors (Lipinski definition) is 4. The third-order valence-electron chi connectivity index (χ3n) is 6.71. The normalized spacial score (nSPS) is 15.5. The van der Waals surface area contributed by atoms with Crippen LogP contribution >= 0.6 is 0 Å². The number of aromatic nitrogens is 1. The summed E-state index contributed by atoms with van der Waals surface area (Å²) in [6.45, 7) is 6.27. The van der Waals surface area contributed by atoms with E-state index in [-0.39, 0.29) is 18.3 Å². The zero-order valence-corrected chi connectivity index (χ0v) is 19.0. The van der Waals surface area contributed by atoms with Crippen molar-refractivity contribution in [2.75, 3.05) is 24.6 Å². The van der Waals surface area contributed by atoms with E-state index in [0.717, 1.165) is 42.8 Å². The number of hydrogen-bond donors (Lipinski definition) is 1. The Balaban J connectivity index is 1.59. The van der Waals surface area contributed by atoms with Crippen LogP contribution in [0.3, 0.4) is 0 Å². The number of carbonyl (C=O) groups excluding carboxylic acids is 1. The summed E-state index contributed by atoms with van der Waals surface area (Å²) in [6, 6.07) is 20.7. The molecule has 1 aliphatic rings. The van der Waals surface area contributed by atoms with Gasteiger partial charge in [-0.1, -0.05) is 36.4 Å². The maximum absolute atomic E-state index is 13.2. The maximum Gasteiger partial charge on any atom is 0.163 e. The van der Waals surface area contributed by atoms with Crippen molar-refractivity contribution in [3.05, 3.63) is 94.8 Å². The molecule has 0 bridgehead atoms. The number of aliphatic hydroxyl groups is 1. The molecule has 2 heterocycles. The fourth-order valence-corrected chi connectivity index (χ4v) is 4.70. The number of pyridine rings is 1. The molecule has 0 unspecified atom stereocenters. The fraction of sp³-hybridized carbons (Fsp3) is 0.357. The van der Waals surface area contributed by atoms with Gasteiger partial charge in [-0.3, -0.25) is 9.78 Å². The van der Waals surface area contributed by atoms with Crippen LogP contribution in [0.15, 0.2) is 66.9 Å². The molecule has 32 heavy (non-hydrogen) atoms. The molecule has 0 aliphatic carbocycles. The molecule has 166 valence electrons. The van der Waals surface area contributed by atoms with Gasteiger partial charge in [0.05, 0.1) is 0 Å². The molecule has 1 atom stereocenters. The standard InChI is InChI=1S/C28H32N2O2/c1-20-5-3-4-6-26(20)27(18-28(32)24-11-14-29-21(2)17-24)23-7-9-25(10-8-23)30-15-12-22(19-31)13-16-30/h3-11,14,17,22,27,31H,12-13,15-16,18-19H2,1-2H3/t27-/m1/s1. The molecule has 2 aromatic carbocycles. The highest BCUT2D eigenvalue weighted by atomic mass is 16.3. The van der Waals surface area contributed by atoms with E-state index < -0.39 is 0 Å². The van der Waals surface area contributed by atoms with E-state index in [0.29, 0.717) is 12.3 Å². The lowest BCUT2D eigenvalue weighted by atomic mass is 9.83. The largest absolute Gasteiger partial charge is 0.396 e. The zero-order chi connectivity index (χ0) is 22.5. The molecule has 1 aliphatic heterocycles. The fourth-order valence-electron chi connectivity index (χ4n) is 4.70. The third kappa shape index (κ3) is 5.08. The number of Topliss-reactive ketones (excluding diaryl/α,β-unsaturated/α-hetero) is 1. The number of anilines is 1. The van der Waals surface area contributed by atoms with Crippen LogP contribution < -0.4 is 4.90 Å². The minimum absolute atomic E-state index is 0.00588. The molecule has 0 spiro atoms. The van der Waals surface area contributed by atoms with Gasteiger partial charge in [-0.25, -0.2) is 0 Å². The van der Waals surface area contributed by atoms with Crippen LogP contribution in [0.5, 0.6) is 0 Å². The number of ketones is 1. The first-order valence-corrected chi connectivity index (χ1v) is 11.5. The average Bonchev–Trinajstić information content (AvgIpc) is 2.83. The van der Waals surface area contributed by atoms with Crippen LogP contribution in [0, 0.1) is 19.8 Å². The van der Waals surface area contributed by atoms with Crippen LogP contribution in [0.4, 0.5) is 5.69 Å². The molecule has 4 rings (SSSR count). The van der Waals surface area contributed by atoms with Crippen LogP contribution in [0.1, 0.15) is 57.9 Å². The Morgan fingerprint density at radius 2 is 1.78 bits per heavy atom. The molecule has 0 amide bonds. The second-order valence-corrected chi connectivity index (χ2v) is 8.93. The Morgan fingerprint density at radius 3 is 2.44 bits per heavy atom. The zero-order valence-electron chi connectivity index (χ0n) is 19.0. The van der Waals surface area contributed by atoms with Crippen molar-refractivity contribution in [3.63, 3.8) is 0 Å². The van der Waals surface area contributed by atoms with Crippen molar-refractivity contribution in [3.8, 4) is 0 Å². The van der Waals surface area contributed by atoms with Gasteiger partial charge in [-0.05, 0) is 73.6 Å². The van der Waals surface area contributed by atoms with E-state index in [9.17, 15) is 9.90 Å². The Kier molecular flexibility index (Phi) is 7.01. The number of benzene rings is 2. The smallest absolute Gasteiger partial charge is 0.163 e. The summed E-state index contributed by atoms with van der Waals surface area (Å²) in [5.41, 5.74) is 6.35. The van der Waals surface area contributed by atoms with Crippen LogP contribution in [-0.4, -0.2) is 35.6 Å². The molecule has 0 saturated carbocycles. The Hall–Kier alpha value is -2.98. The van der Waals surface area contributed by atoms with Gasteiger partial charge in [0.1, 0.15) is 0 Å². The SMILES string of the molecule is Cc1cc(C(=O)C[C@H](c2ccc(N3CCC(CO)CC3)cc2)c2ccccc2C)ccn1. The van der Waals surface area contributed by atoms with Gasteiger partial charge in [0.15, 0.2) is 5.78 Å². The Morgan fingerprint density at radius 1 is 1.06 bits per heavy atom. The van der Waals surface area contributed by atoms with Crippen LogP contribution in [0.2, 0.25) is 0 Å². The molecule has 1 N–H and O–H groups in total. The lowest BCUT2D eigenvalue weighted by molar-refractivity contribution is 0.0977. The molecule has 4 nitrogen and oxygen atoms in total.